The van der Waals surface area contributed by atoms with Crippen molar-refractivity contribution in [2.45, 2.75) is 0 Å². The van der Waals surface area contributed by atoms with E-state index in [9.17, 15) is 0 Å². The molecule has 0 fully saturated rings. The van der Waals surface area contributed by atoms with Gasteiger partial charge in [0, 0.05) is 23.0 Å². The molecule has 0 saturated heterocycles. The summed E-state index contributed by atoms with van der Waals surface area (Å²) in [7, 11) is 0. The van der Waals surface area contributed by atoms with Crippen molar-refractivity contribution in [2.75, 3.05) is 4.90 Å². The molecule has 0 N–H and O–H groups in total. The zero-order chi connectivity index (χ0) is 29.3. The van der Waals surface area contributed by atoms with Gasteiger partial charge in [-0.15, -0.1) is 0 Å². The normalized spacial score (nSPS) is 11.2. The minimum absolute atomic E-state index is 0.775. The Hall–Kier alpha value is -5.93. The Labute approximate surface area is 256 Å². The van der Waals surface area contributed by atoms with Crippen molar-refractivity contribution in [3.05, 3.63) is 170 Å². The van der Waals surface area contributed by atoms with E-state index in [4.69, 9.17) is 4.42 Å². The Kier molecular flexibility index (Phi) is 6.47. The summed E-state index contributed by atoms with van der Waals surface area (Å²) in [6.45, 7) is 0. The molecule has 3 heteroatoms. The van der Waals surface area contributed by atoms with Crippen LogP contribution in [0.25, 0.3) is 55.3 Å². The Morgan fingerprint density at radius 3 is 1.61 bits per heavy atom. The van der Waals surface area contributed by atoms with Crippen LogP contribution in [0.1, 0.15) is 0 Å². The van der Waals surface area contributed by atoms with Gasteiger partial charge in [-0.2, -0.15) is 0 Å². The topological polar surface area (TPSA) is 29.3 Å². The summed E-state index contributed by atoms with van der Waals surface area (Å²) in [6, 6.07) is 55.7. The number of anilines is 3. The quantitative estimate of drug-likeness (QED) is 0.201. The van der Waals surface area contributed by atoms with Gasteiger partial charge in [0.05, 0.1) is 17.3 Å². The van der Waals surface area contributed by atoms with Crippen LogP contribution in [0.4, 0.5) is 17.1 Å². The van der Waals surface area contributed by atoms with E-state index in [1.807, 2.05) is 18.3 Å². The Balaban J connectivity index is 1.39. The van der Waals surface area contributed by atoms with Gasteiger partial charge in [0.15, 0.2) is 5.58 Å². The van der Waals surface area contributed by atoms with Crippen LogP contribution in [0.15, 0.2) is 175 Å². The molecule has 0 amide bonds. The van der Waals surface area contributed by atoms with Gasteiger partial charge in [0.25, 0.3) is 0 Å². The number of fused-ring (bicyclic) bond motifs is 3. The molecule has 0 aliphatic rings. The average Bonchev–Trinajstić information content (AvgIpc) is 3.49. The summed E-state index contributed by atoms with van der Waals surface area (Å²) in [4.78, 5) is 6.67. The van der Waals surface area contributed by atoms with E-state index in [0.717, 1.165) is 50.1 Å². The van der Waals surface area contributed by atoms with Crippen LogP contribution in [0, 0.1) is 0 Å². The van der Waals surface area contributed by atoms with Crippen LogP contribution in [0.2, 0.25) is 0 Å². The summed E-state index contributed by atoms with van der Waals surface area (Å²) in [6.07, 6.45) is 3.62. The van der Waals surface area contributed by atoms with E-state index in [-0.39, 0.29) is 0 Å². The summed E-state index contributed by atoms with van der Waals surface area (Å²) in [5.41, 5.74) is 11.8. The van der Waals surface area contributed by atoms with E-state index < -0.39 is 0 Å². The van der Waals surface area contributed by atoms with Gasteiger partial charge in [-0.1, -0.05) is 109 Å². The molecule has 0 atom stereocenters. The van der Waals surface area contributed by atoms with E-state index in [1.54, 1.807) is 6.20 Å². The minimum atomic E-state index is 0.775. The smallest absolute Gasteiger partial charge is 0.153 e. The highest BCUT2D eigenvalue weighted by Crippen LogP contribution is 2.45. The largest absolute Gasteiger partial charge is 0.454 e. The number of benzene rings is 6. The first kappa shape index (κ1) is 25.8. The fourth-order valence-corrected chi connectivity index (χ4v) is 6.04. The lowest BCUT2D eigenvalue weighted by Gasteiger charge is -2.28. The third kappa shape index (κ3) is 4.71. The Morgan fingerprint density at radius 1 is 0.432 bits per heavy atom. The highest BCUT2D eigenvalue weighted by Gasteiger charge is 2.21. The number of hydrogen-bond acceptors (Lipinski definition) is 3. The average molecular weight is 565 g/mol. The van der Waals surface area contributed by atoms with Crippen molar-refractivity contribution >= 4 is 39.0 Å². The number of aromatic nitrogens is 1. The number of hydrogen-bond donors (Lipinski definition) is 0. The first-order chi connectivity index (χ1) is 21.8. The molecule has 0 aliphatic heterocycles. The van der Waals surface area contributed by atoms with Gasteiger partial charge in [-0.3, -0.25) is 4.98 Å². The number of furan rings is 1. The summed E-state index contributed by atoms with van der Waals surface area (Å²) < 4.78 is 6.29. The predicted octanol–water partition coefficient (Wildman–Crippen LogP) is 11.5. The summed E-state index contributed by atoms with van der Waals surface area (Å²) >= 11 is 0. The molecular weight excluding hydrogens is 536 g/mol. The van der Waals surface area contributed by atoms with E-state index in [0.29, 0.717) is 0 Å². The van der Waals surface area contributed by atoms with Crippen molar-refractivity contribution in [1.29, 1.82) is 0 Å². The number of pyridine rings is 1. The third-order valence-corrected chi connectivity index (χ3v) is 8.14. The van der Waals surface area contributed by atoms with E-state index >= 15 is 0 Å². The summed E-state index contributed by atoms with van der Waals surface area (Å²) in [5.74, 6) is 0. The van der Waals surface area contributed by atoms with Gasteiger partial charge in [-0.05, 0) is 81.9 Å². The second kappa shape index (κ2) is 11.0. The molecular formula is C41H28N2O. The predicted molar refractivity (Wildman–Crippen MR) is 183 cm³/mol. The molecule has 2 heterocycles. The van der Waals surface area contributed by atoms with E-state index in [2.05, 4.69) is 155 Å². The van der Waals surface area contributed by atoms with E-state index in [1.165, 1.54) is 22.3 Å². The maximum Gasteiger partial charge on any atom is 0.153 e. The zero-order valence-electron chi connectivity index (χ0n) is 24.0. The van der Waals surface area contributed by atoms with Crippen molar-refractivity contribution in [3.8, 4) is 33.4 Å². The lowest BCUT2D eigenvalue weighted by Crippen LogP contribution is -2.10. The van der Waals surface area contributed by atoms with Gasteiger partial charge in [0.2, 0.25) is 0 Å². The first-order valence-electron chi connectivity index (χ1n) is 14.8. The lowest BCUT2D eigenvalue weighted by atomic mass is 9.97. The van der Waals surface area contributed by atoms with Crippen LogP contribution < -0.4 is 4.90 Å². The number of rotatable bonds is 6. The second-order valence-electron chi connectivity index (χ2n) is 10.9. The van der Waals surface area contributed by atoms with Crippen LogP contribution >= 0.6 is 0 Å². The van der Waals surface area contributed by atoms with Crippen molar-refractivity contribution in [1.82, 2.24) is 4.98 Å². The SMILES string of the molecule is c1ccc(-c2ccc(N(c3cc(-c4ccccc4)cc(-c4ccccc4)c3)c3cccc4oc5cnccc5c34)cc2)cc1. The molecule has 2 aromatic heterocycles. The molecule has 8 rings (SSSR count). The molecule has 0 bridgehead atoms. The fourth-order valence-electron chi connectivity index (χ4n) is 6.04. The van der Waals surface area contributed by atoms with Crippen LogP contribution in [0.3, 0.4) is 0 Å². The fraction of sp³-hybridized carbons (Fsp3) is 0. The molecule has 0 radical (unpaired) electrons. The lowest BCUT2D eigenvalue weighted by molar-refractivity contribution is 0.667. The number of nitrogens with zero attached hydrogens (tertiary/aromatic N) is 2. The highest BCUT2D eigenvalue weighted by atomic mass is 16.3. The van der Waals surface area contributed by atoms with Crippen molar-refractivity contribution < 1.29 is 4.42 Å². The van der Waals surface area contributed by atoms with Crippen LogP contribution in [-0.4, -0.2) is 4.98 Å². The molecule has 8 aromatic rings. The summed E-state index contributed by atoms with van der Waals surface area (Å²) in [5, 5.41) is 2.10. The maximum absolute atomic E-state index is 6.29. The molecule has 44 heavy (non-hydrogen) atoms. The van der Waals surface area contributed by atoms with Crippen molar-refractivity contribution in [2.24, 2.45) is 0 Å². The van der Waals surface area contributed by atoms with Crippen LogP contribution in [-0.2, 0) is 0 Å². The third-order valence-electron chi connectivity index (χ3n) is 8.14. The van der Waals surface area contributed by atoms with Gasteiger partial charge in [0.1, 0.15) is 5.58 Å². The van der Waals surface area contributed by atoms with Gasteiger partial charge >= 0.3 is 0 Å². The Bertz CT molecular complexity index is 2150. The van der Waals surface area contributed by atoms with Crippen molar-refractivity contribution in [3.63, 3.8) is 0 Å². The van der Waals surface area contributed by atoms with Gasteiger partial charge < -0.3 is 9.32 Å². The molecule has 6 aromatic carbocycles. The first-order valence-corrected chi connectivity index (χ1v) is 14.8. The maximum atomic E-state index is 6.29. The second-order valence-corrected chi connectivity index (χ2v) is 10.9. The molecule has 3 nitrogen and oxygen atoms in total. The molecule has 0 aliphatic carbocycles. The Morgan fingerprint density at radius 2 is 1.00 bits per heavy atom. The van der Waals surface area contributed by atoms with Gasteiger partial charge in [-0.25, -0.2) is 0 Å². The molecule has 0 unspecified atom stereocenters. The minimum Gasteiger partial charge on any atom is -0.454 e. The van der Waals surface area contributed by atoms with Crippen LogP contribution in [0.5, 0.6) is 0 Å². The highest BCUT2D eigenvalue weighted by molar-refractivity contribution is 6.13. The molecule has 0 spiro atoms. The molecule has 0 saturated carbocycles. The molecule has 208 valence electrons. The zero-order valence-corrected chi connectivity index (χ0v) is 24.0. The standard InChI is InChI=1S/C41H28N2O/c1-4-11-29(12-5-1)32-19-21-35(22-20-32)43(38-17-10-18-39-41(38)37-23-24-42-28-40(37)44-39)36-26-33(30-13-6-2-7-14-30)25-34(27-36)31-15-8-3-9-16-31/h1-28H. The monoisotopic (exact) mass is 564 g/mol.